The van der Waals surface area contributed by atoms with Crippen LogP contribution >= 0.6 is 36.5 Å². The van der Waals surface area contributed by atoms with Crippen LogP contribution in [-0.4, -0.2) is 6.26 Å². The molecule has 0 radical (unpaired) electrons. The molecule has 0 aromatic heterocycles. The fourth-order valence-electron chi connectivity index (χ4n) is 0.158. The zero-order valence-electron chi connectivity index (χ0n) is 4.67. The van der Waals surface area contributed by atoms with Crippen molar-refractivity contribution < 1.29 is 17.2 Å². The van der Waals surface area contributed by atoms with Crippen LogP contribution in [0.25, 0.3) is 0 Å². The first-order valence-corrected chi connectivity index (χ1v) is 7.66. The summed E-state index contributed by atoms with van der Waals surface area (Å²) in [6, 6.07) is 0. The first-order valence-electron chi connectivity index (χ1n) is 1.85. The summed E-state index contributed by atoms with van der Waals surface area (Å²) in [5, 5.41) is 0. The van der Waals surface area contributed by atoms with Gasteiger partial charge in [-0.25, -0.2) is 4.57 Å². The summed E-state index contributed by atoms with van der Waals surface area (Å²) in [5.41, 5.74) is 0. The maximum atomic E-state index is 12.3. The summed E-state index contributed by atoms with van der Waals surface area (Å²) in [4.78, 5) is 0. The molecular weight excluding hydrogens is 228 g/mol. The second kappa shape index (κ2) is 3.53. The molecule has 0 bridgehead atoms. The zero-order valence-corrected chi connectivity index (χ0v) is 8.03. The predicted molar refractivity (Wildman–Crippen MR) is 39.6 cm³/mol. The van der Waals surface area contributed by atoms with E-state index in [1.807, 2.05) is 0 Å². The lowest BCUT2D eigenvalue weighted by Gasteiger charge is -1.99. The summed E-state index contributed by atoms with van der Waals surface area (Å²) in [5.74, 6) is -4.04. The maximum absolute atomic E-state index is 12.3. The van der Waals surface area contributed by atoms with Gasteiger partial charge in [-0.3, -0.25) is 0 Å². The summed E-state index contributed by atoms with van der Waals surface area (Å²) in [7, 11) is -5.66. The van der Waals surface area contributed by atoms with E-state index in [0.717, 1.165) is 0 Å². The van der Waals surface area contributed by atoms with Gasteiger partial charge >= 0.3 is 7.91 Å². The standard InChI is InChI=1S/CH3ClF3NOP2S/c1-10-8(2,3)6-9(4,5)7/h1H3. The maximum Gasteiger partial charge on any atom is 0.532 e. The van der Waals surface area contributed by atoms with Crippen LogP contribution < -0.4 is 0 Å². The van der Waals surface area contributed by atoms with Crippen molar-refractivity contribution in [2.45, 2.75) is 0 Å². The van der Waals surface area contributed by atoms with Gasteiger partial charge in [0.1, 0.15) is 0 Å². The van der Waals surface area contributed by atoms with Crippen molar-refractivity contribution >= 4 is 36.5 Å². The Bertz CT molecular complexity index is 209. The Kier molecular flexibility index (Phi) is 3.84. The van der Waals surface area contributed by atoms with Gasteiger partial charge in [0, 0.05) is 0 Å². The monoisotopic (exact) mass is 231 g/mol. The highest BCUT2D eigenvalue weighted by Gasteiger charge is 2.25. The Labute approximate surface area is 64.9 Å². The fourth-order valence-corrected chi connectivity index (χ4v) is 3.55. The Morgan fingerprint density at radius 2 is 1.90 bits per heavy atom. The molecule has 0 amide bonds. The predicted octanol–water partition coefficient (Wildman–Crippen LogP) is 4.55. The molecule has 0 saturated carbocycles. The van der Waals surface area contributed by atoms with Crippen LogP contribution in [0.4, 0.5) is 12.6 Å². The average molecular weight is 232 g/mol. The lowest BCUT2D eigenvalue weighted by Crippen LogP contribution is -1.52. The second-order valence-corrected chi connectivity index (χ2v) is 8.45. The Morgan fingerprint density at radius 3 is 2.00 bits per heavy atom. The Morgan fingerprint density at radius 1 is 1.50 bits per heavy atom. The molecule has 2 nitrogen and oxygen atoms in total. The van der Waals surface area contributed by atoms with Crippen molar-refractivity contribution in [2.75, 3.05) is 6.26 Å². The van der Waals surface area contributed by atoms with Gasteiger partial charge in [-0.1, -0.05) is 11.4 Å². The Hall–Kier alpha value is 0.890. The quantitative estimate of drug-likeness (QED) is 0.652. The third kappa shape index (κ3) is 5.66. The van der Waals surface area contributed by atoms with E-state index in [2.05, 4.69) is 4.52 Å². The highest BCUT2D eigenvalue weighted by molar-refractivity contribution is 8.64. The fraction of sp³-hybridized carbons (Fsp3) is 1.00. The molecule has 0 aromatic carbocycles. The minimum atomic E-state index is -5.66. The minimum Gasteiger partial charge on any atom is -0.224 e. The van der Waals surface area contributed by atoms with E-state index < -0.39 is 13.8 Å². The third-order valence-electron chi connectivity index (χ3n) is 0.428. The van der Waals surface area contributed by atoms with Crippen molar-refractivity contribution in [3.05, 3.63) is 0 Å². The summed E-state index contributed by atoms with van der Waals surface area (Å²) in [6.45, 7) is 0. The molecule has 0 aromatic rings. The first kappa shape index (κ1) is 10.9. The number of halogens is 4. The van der Waals surface area contributed by atoms with Gasteiger partial charge in [0.2, 0.25) is 0 Å². The summed E-state index contributed by atoms with van der Waals surface area (Å²) >= 11 is 5.14. The van der Waals surface area contributed by atoms with Crippen molar-refractivity contribution in [3.63, 3.8) is 0 Å². The van der Waals surface area contributed by atoms with Gasteiger partial charge in [-0.2, -0.15) is 4.20 Å². The molecule has 10 heavy (non-hydrogen) atoms. The van der Waals surface area contributed by atoms with Crippen molar-refractivity contribution in [2.24, 2.45) is 4.52 Å². The molecule has 62 valence electrons. The van der Waals surface area contributed by atoms with Gasteiger partial charge in [-0.05, 0) is 17.5 Å². The lowest BCUT2D eigenvalue weighted by molar-refractivity contribution is 0.497. The smallest absolute Gasteiger partial charge is 0.224 e. The zero-order chi connectivity index (χ0) is 8.41. The van der Waals surface area contributed by atoms with E-state index in [0.29, 0.717) is 11.4 Å². The molecular formula is CH3ClF3NOP2S. The van der Waals surface area contributed by atoms with E-state index in [9.17, 15) is 17.2 Å². The largest absolute Gasteiger partial charge is 0.532 e. The molecule has 0 rings (SSSR count). The van der Waals surface area contributed by atoms with Gasteiger partial charge < -0.3 is 0 Å². The molecule has 9 heteroatoms. The van der Waals surface area contributed by atoms with E-state index in [1.54, 1.807) is 0 Å². The van der Waals surface area contributed by atoms with E-state index in [-0.39, 0.29) is 0 Å². The van der Waals surface area contributed by atoms with Crippen LogP contribution in [0.2, 0.25) is 0 Å². The molecule has 0 aliphatic rings. The molecule has 1 atom stereocenters. The van der Waals surface area contributed by atoms with Crippen LogP contribution in [0.3, 0.4) is 0 Å². The van der Waals surface area contributed by atoms with Crippen molar-refractivity contribution in [1.82, 2.24) is 0 Å². The van der Waals surface area contributed by atoms with Crippen molar-refractivity contribution in [1.29, 1.82) is 0 Å². The average Bonchev–Trinajstić information content (AvgIpc) is 1.60. The number of nitrogens with zero attached hydrogens (tertiary/aromatic N) is 1. The molecule has 0 aliphatic carbocycles. The number of rotatable bonds is 2. The van der Waals surface area contributed by atoms with Gasteiger partial charge in [0.25, 0.3) is 5.92 Å². The van der Waals surface area contributed by atoms with Crippen LogP contribution in [-0.2, 0) is 4.57 Å². The van der Waals surface area contributed by atoms with Gasteiger partial charge in [-0.15, -0.1) is 12.9 Å². The second-order valence-electron chi connectivity index (χ2n) is 1.14. The highest BCUT2D eigenvalue weighted by Crippen LogP contribution is 2.74. The normalized spacial score (nSPS) is 18.1. The summed E-state index contributed by atoms with van der Waals surface area (Å²) in [6.07, 6.45) is 1.18. The topological polar surface area (TPSA) is 29.4 Å². The molecule has 1 unspecified atom stereocenters. The molecule has 0 saturated heterocycles. The number of hydrogen-bond acceptors (Lipinski definition) is 2. The van der Waals surface area contributed by atoms with Crippen LogP contribution in [0.15, 0.2) is 4.52 Å². The number of hydrogen-bond donors (Lipinski definition) is 0. The molecule has 0 fully saturated rings. The molecule has 0 heterocycles. The molecule has 0 spiro atoms. The van der Waals surface area contributed by atoms with E-state index in [4.69, 9.17) is 11.2 Å². The molecule has 0 N–H and O–H groups in total. The third-order valence-corrected chi connectivity index (χ3v) is 6.36. The lowest BCUT2D eigenvalue weighted by atomic mass is 12.0. The summed E-state index contributed by atoms with van der Waals surface area (Å²) < 4.78 is 46.9. The van der Waals surface area contributed by atoms with Crippen molar-refractivity contribution in [3.8, 4) is 0 Å². The highest BCUT2D eigenvalue weighted by atomic mass is 35.7. The van der Waals surface area contributed by atoms with E-state index in [1.165, 1.54) is 6.26 Å². The first-order chi connectivity index (χ1) is 4.27. The molecule has 0 aliphatic heterocycles. The van der Waals surface area contributed by atoms with Gasteiger partial charge in [0.05, 0.1) is 0 Å². The van der Waals surface area contributed by atoms with Crippen LogP contribution in [0.1, 0.15) is 0 Å². The van der Waals surface area contributed by atoms with E-state index >= 15 is 0 Å². The van der Waals surface area contributed by atoms with Gasteiger partial charge in [0.15, 0.2) is 0 Å². The van der Waals surface area contributed by atoms with Crippen LogP contribution in [0, 0.1) is 0 Å². The minimum absolute atomic E-state index is 0.345. The Balaban J connectivity index is 4.61. The SMILES string of the molecule is CSP(F)(Cl)=NP(=O)(F)F. The van der Waals surface area contributed by atoms with Crippen LogP contribution in [0.5, 0.6) is 0 Å².